The van der Waals surface area contributed by atoms with Gasteiger partial charge in [0.2, 0.25) is 5.78 Å². The number of aromatic nitrogens is 4. The molecule has 3 N–H and O–H groups in total. The van der Waals surface area contributed by atoms with Crippen molar-refractivity contribution in [3.63, 3.8) is 0 Å². The van der Waals surface area contributed by atoms with Crippen LogP contribution in [0.5, 0.6) is 0 Å². The molecule has 1 fully saturated rings. The number of rotatable bonds is 9. The maximum atomic E-state index is 13.3. The number of nitrogens with one attached hydrogen (secondary N) is 2. The first kappa shape index (κ1) is 25.5. The lowest BCUT2D eigenvalue weighted by Gasteiger charge is -2.16. The van der Waals surface area contributed by atoms with E-state index in [1.807, 2.05) is 31.2 Å². The normalized spacial score (nSPS) is 20.6. The van der Waals surface area contributed by atoms with Crippen molar-refractivity contribution in [1.82, 2.24) is 24.5 Å². The van der Waals surface area contributed by atoms with E-state index in [0.29, 0.717) is 0 Å². The molecule has 0 spiro atoms. The molecule has 4 atom stereocenters. The van der Waals surface area contributed by atoms with Gasteiger partial charge in [0, 0.05) is 31.0 Å². The molecule has 4 rings (SSSR count). The second-order valence-electron chi connectivity index (χ2n) is 8.41. The minimum absolute atomic E-state index is 0.157. The smallest absolute Gasteiger partial charge is 0.335 e. The second-order valence-corrected chi connectivity index (χ2v) is 9.92. The lowest BCUT2D eigenvalue weighted by Crippen LogP contribution is -2.31. The lowest BCUT2D eigenvalue weighted by atomic mass is 10.1. The van der Waals surface area contributed by atoms with E-state index in [2.05, 4.69) is 31.0 Å². The van der Waals surface area contributed by atoms with Crippen LogP contribution in [0, 0.1) is 12.3 Å². The van der Waals surface area contributed by atoms with Crippen molar-refractivity contribution >= 4 is 21.9 Å². The van der Waals surface area contributed by atoms with Gasteiger partial charge in [0.1, 0.15) is 23.9 Å². The van der Waals surface area contributed by atoms with Gasteiger partial charge in [0.15, 0.2) is 0 Å². The quantitative estimate of drug-likeness (QED) is 0.286. The molecule has 188 valence electrons. The van der Waals surface area contributed by atoms with Gasteiger partial charge in [-0.2, -0.15) is 18.2 Å². The average molecular weight is 511 g/mol. The first-order chi connectivity index (χ1) is 17.2. The second kappa shape index (κ2) is 10.5. The van der Waals surface area contributed by atoms with E-state index in [9.17, 15) is 18.3 Å². The summed E-state index contributed by atoms with van der Waals surface area (Å²) < 4.78 is 32.1. The van der Waals surface area contributed by atoms with E-state index >= 15 is 0 Å². The molecular weight excluding hydrogens is 484 g/mol. The van der Waals surface area contributed by atoms with Crippen molar-refractivity contribution in [3.8, 4) is 12.3 Å². The van der Waals surface area contributed by atoms with Gasteiger partial charge in [0.25, 0.3) is 0 Å². The summed E-state index contributed by atoms with van der Waals surface area (Å²) in [6.07, 6.45) is 8.39. The number of nitrogens with zero attached hydrogens (tertiary/aromatic N) is 4. The Kier molecular flexibility index (Phi) is 7.46. The zero-order valence-electron chi connectivity index (χ0n) is 19.7. The summed E-state index contributed by atoms with van der Waals surface area (Å²) in [7, 11) is -2.73. The summed E-state index contributed by atoms with van der Waals surface area (Å²) in [6, 6.07) is 8.64. The maximum absolute atomic E-state index is 13.3. The Morgan fingerprint density at radius 1 is 1.33 bits per heavy atom. The fraction of sp³-hybridized carbons (Fsp3) is 0.333. The largest absolute Gasteiger partial charge is 0.390 e. The van der Waals surface area contributed by atoms with E-state index in [0.717, 1.165) is 11.1 Å². The third-order valence-electron chi connectivity index (χ3n) is 6.04. The molecule has 36 heavy (non-hydrogen) atoms. The van der Waals surface area contributed by atoms with Crippen molar-refractivity contribution in [2.75, 3.05) is 12.4 Å². The molecule has 0 unspecified atom stereocenters. The number of ketones is 1. The number of carbonyl (C=O) groups is 1. The van der Waals surface area contributed by atoms with Crippen LogP contribution >= 0.6 is 0 Å². The Balaban J connectivity index is 1.50. The van der Waals surface area contributed by atoms with Gasteiger partial charge < -0.3 is 10.4 Å². The molecule has 12 heteroatoms. The van der Waals surface area contributed by atoms with Crippen LogP contribution in [-0.2, 0) is 14.5 Å². The van der Waals surface area contributed by atoms with Gasteiger partial charge in [-0.15, -0.1) is 6.42 Å². The van der Waals surface area contributed by atoms with Gasteiger partial charge >= 0.3 is 10.3 Å². The highest BCUT2D eigenvalue weighted by atomic mass is 32.2. The third-order valence-corrected chi connectivity index (χ3v) is 7.04. The molecule has 3 aromatic rings. The van der Waals surface area contributed by atoms with Crippen molar-refractivity contribution in [2.45, 2.75) is 44.1 Å². The molecule has 2 aromatic heterocycles. The Morgan fingerprint density at radius 3 is 2.89 bits per heavy atom. The Hall–Kier alpha value is -3.63. The lowest BCUT2D eigenvalue weighted by molar-refractivity contribution is 0.0636. The van der Waals surface area contributed by atoms with E-state index < -0.39 is 22.5 Å². The molecule has 0 saturated heterocycles. The molecule has 1 aliphatic rings. The predicted molar refractivity (Wildman–Crippen MR) is 131 cm³/mol. The standard InChI is InChI=1S/C24H26N6O5S/c1-4-16-6-5-7-17(10-16)15(2)30-9-8-20(29-30)23(32)19-13-26-14-27-24(19)28-18-11-21(31)22(12-18)35-36(33,34)25-3/h1,5-10,13-15,18,21-22,25,31H,11-12H2,2-3H3,(H,26,27,28)/t15-,18+,21-,22+/m0/s1. The molecule has 0 amide bonds. The van der Waals surface area contributed by atoms with Crippen LogP contribution in [0.15, 0.2) is 49.1 Å². The van der Waals surface area contributed by atoms with E-state index in [4.69, 9.17) is 10.6 Å². The van der Waals surface area contributed by atoms with Gasteiger partial charge in [-0.05, 0) is 43.5 Å². The third kappa shape index (κ3) is 5.60. The molecule has 0 bridgehead atoms. The highest BCUT2D eigenvalue weighted by Crippen LogP contribution is 2.28. The number of aliphatic hydroxyl groups excluding tert-OH is 1. The van der Waals surface area contributed by atoms with Crippen molar-refractivity contribution in [3.05, 3.63) is 71.4 Å². The first-order valence-electron chi connectivity index (χ1n) is 11.2. The average Bonchev–Trinajstić information content (AvgIpc) is 3.50. The van der Waals surface area contributed by atoms with Crippen LogP contribution in [0.25, 0.3) is 0 Å². The topological polar surface area (TPSA) is 148 Å². The Bertz CT molecular complexity index is 1400. The number of anilines is 1. The summed E-state index contributed by atoms with van der Waals surface area (Å²) in [5, 5.41) is 17.8. The number of carbonyl (C=O) groups excluding carboxylic acids is 1. The van der Waals surface area contributed by atoms with E-state index in [1.54, 1.807) is 16.9 Å². The number of hydrogen-bond donors (Lipinski definition) is 3. The zero-order chi connectivity index (χ0) is 25.9. The Labute approximate surface area is 209 Å². The molecule has 0 aliphatic heterocycles. The highest BCUT2D eigenvalue weighted by Gasteiger charge is 2.37. The van der Waals surface area contributed by atoms with Crippen molar-refractivity contribution in [1.29, 1.82) is 0 Å². The summed E-state index contributed by atoms with van der Waals surface area (Å²) in [4.78, 5) is 21.5. The van der Waals surface area contributed by atoms with Gasteiger partial charge in [-0.1, -0.05) is 18.1 Å². The maximum Gasteiger partial charge on any atom is 0.335 e. The number of terminal acetylenes is 1. The minimum atomic E-state index is -3.96. The molecule has 1 aromatic carbocycles. The van der Waals surface area contributed by atoms with Crippen LogP contribution < -0.4 is 10.0 Å². The fourth-order valence-corrected chi connectivity index (χ4v) is 4.70. The highest BCUT2D eigenvalue weighted by molar-refractivity contribution is 7.84. The minimum Gasteiger partial charge on any atom is -0.390 e. The fourth-order valence-electron chi connectivity index (χ4n) is 4.07. The summed E-state index contributed by atoms with van der Waals surface area (Å²) >= 11 is 0. The molecule has 1 saturated carbocycles. The van der Waals surface area contributed by atoms with Gasteiger partial charge in [-0.3, -0.25) is 13.7 Å². The summed E-state index contributed by atoms with van der Waals surface area (Å²) in [6.45, 7) is 1.95. The number of aliphatic hydroxyl groups is 1. The van der Waals surface area contributed by atoms with E-state index in [1.165, 1.54) is 19.6 Å². The van der Waals surface area contributed by atoms with Crippen molar-refractivity contribution in [2.24, 2.45) is 0 Å². The molecule has 11 nitrogen and oxygen atoms in total. The van der Waals surface area contributed by atoms with Crippen LogP contribution in [-0.4, -0.2) is 64.4 Å². The molecule has 2 heterocycles. The Morgan fingerprint density at radius 2 is 2.14 bits per heavy atom. The van der Waals surface area contributed by atoms with Crippen LogP contribution in [0.2, 0.25) is 0 Å². The van der Waals surface area contributed by atoms with Crippen LogP contribution in [0.4, 0.5) is 5.82 Å². The zero-order valence-corrected chi connectivity index (χ0v) is 20.5. The number of hydrogen-bond acceptors (Lipinski definition) is 9. The molecule has 0 radical (unpaired) electrons. The van der Waals surface area contributed by atoms with E-state index in [-0.39, 0.29) is 47.8 Å². The summed E-state index contributed by atoms with van der Waals surface area (Å²) in [5.74, 6) is 2.49. The summed E-state index contributed by atoms with van der Waals surface area (Å²) in [5.41, 5.74) is 2.12. The predicted octanol–water partition coefficient (Wildman–Crippen LogP) is 1.28. The molecule has 1 aliphatic carbocycles. The van der Waals surface area contributed by atoms with Crippen LogP contribution in [0.3, 0.4) is 0 Å². The first-order valence-corrected chi connectivity index (χ1v) is 12.6. The van der Waals surface area contributed by atoms with Gasteiger partial charge in [0.05, 0.1) is 17.7 Å². The van der Waals surface area contributed by atoms with Crippen LogP contribution in [0.1, 0.15) is 53.0 Å². The SMILES string of the molecule is C#Cc1cccc([C@H](C)n2ccc(C(=O)c3cncnc3N[C@@H]3C[C@H](O)[C@H](OS(=O)(=O)NC)C3)n2)c1. The van der Waals surface area contributed by atoms with Gasteiger partial charge in [-0.25, -0.2) is 9.97 Å². The van der Waals surface area contributed by atoms with Crippen molar-refractivity contribution < 1.29 is 22.5 Å². The molecular formula is C24H26N6O5S. The number of benzene rings is 1. The monoisotopic (exact) mass is 510 g/mol.